The van der Waals surface area contributed by atoms with Gasteiger partial charge in [-0.2, -0.15) is 0 Å². The van der Waals surface area contributed by atoms with E-state index in [9.17, 15) is 0 Å². The first-order chi connectivity index (χ1) is 5.77. The number of fused-ring (bicyclic) bond motifs is 1. The number of hydrazine groups is 1. The van der Waals surface area contributed by atoms with Crippen LogP contribution in [-0.2, 0) is 13.0 Å². The van der Waals surface area contributed by atoms with Gasteiger partial charge in [-0.15, -0.1) is 0 Å². The van der Waals surface area contributed by atoms with Crippen LogP contribution in [0.2, 0.25) is 0 Å². The molecule has 0 radical (unpaired) electrons. The minimum Gasteiger partial charge on any atom is -0.268 e. The molecule has 1 unspecified atom stereocenters. The molecule has 1 atom stereocenters. The van der Waals surface area contributed by atoms with Crippen molar-refractivity contribution in [3.05, 3.63) is 23.4 Å². The molecule has 1 aromatic heterocycles. The summed E-state index contributed by atoms with van der Waals surface area (Å²) < 4.78 is 0. The van der Waals surface area contributed by atoms with Crippen LogP contribution in [0.3, 0.4) is 0 Å². The highest BCUT2D eigenvalue weighted by atomic mass is 31.0. The third kappa shape index (κ3) is 1.36. The zero-order chi connectivity index (χ0) is 8.55. The van der Waals surface area contributed by atoms with Crippen LogP contribution in [0.4, 0.5) is 0 Å². The smallest absolute Gasteiger partial charge is 0.0617 e. The highest BCUT2D eigenvalue weighted by molar-refractivity contribution is 7.27. The van der Waals surface area contributed by atoms with Gasteiger partial charge in [0.2, 0.25) is 0 Å². The second-order valence-corrected chi connectivity index (χ2v) is 3.60. The van der Waals surface area contributed by atoms with Crippen molar-refractivity contribution in [2.45, 2.75) is 13.0 Å². The first-order valence-electron chi connectivity index (χ1n) is 3.99. The Bertz CT molecular complexity index is 300. The lowest BCUT2D eigenvalue weighted by Gasteiger charge is -2.24. The predicted molar refractivity (Wildman–Crippen MR) is 51.9 cm³/mol. The minimum absolute atomic E-state index is 0.821. The van der Waals surface area contributed by atoms with Crippen molar-refractivity contribution in [1.29, 1.82) is 0 Å². The van der Waals surface area contributed by atoms with Crippen LogP contribution in [-0.4, -0.2) is 16.5 Å². The molecule has 0 saturated heterocycles. The lowest BCUT2D eigenvalue weighted by molar-refractivity contribution is 0.263. The van der Waals surface area contributed by atoms with Crippen LogP contribution in [0.5, 0.6) is 0 Å². The van der Waals surface area contributed by atoms with Crippen LogP contribution in [0.1, 0.15) is 11.1 Å². The fourth-order valence-electron chi connectivity index (χ4n) is 1.51. The maximum Gasteiger partial charge on any atom is 0.0617 e. The average molecular weight is 181 g/mol. The summed E-state index contributed by atoms with van der Waals surface area (Å²) in [6.45, 7) is 1.77. The maximum absolute atomic E-state index is 5.71. The lowest BCUT2D eigenvalue weighted by Crippen LogP contribution is -2.38. The van der Waals surface area contributed by atoms with Gasteiger partial charge in [-0.05, 0) is 23.6 Å². The molecule has 1 aromatic rings. The van der Waals surface area contributed by atoms with Gasteiger partial charge in [0.05, 0.1) is 5.44 Å². The zero-order valence-electron chi connectivity index (χ0n) is 6.83. The van der Waals surface area contributed by atoms with E-state index in [1.54, 1.807) is 0 Å². The molecule has 12 heavy (non-hydrogen) atoms. The van der Waals surface area contributed by atoms with Gasteiger partial charge < -0.3 is 0 Å². The second kappa shape index (κ2) is 3.09. The number of rotatable bonds is 0. The molecule has 64 valence electrons. The third-order valence-corrected chi connectivity index (χ3v) is 2.71. The van der Waals surface area contributed by atoms with E-state index in [-0.39, 0.29) is 0 Å². The highest BCUT2D eigenvalue weighted by Gasteiger charge is 2.15. The zero-order valence-corrected chi connectivity index (χ0v) is 7.98. The summed E-state index contributed by atoms with van der Waals surface area (Å²) in [6.07, 6.45) is 2.89. The van der Waals surface area contributed by atoms with Gasteiger partial charge in [0, 0.05) is 19.3 Å². The SMILES string of the molecule is NN1CCc2ccnc(P)c2C1. The van der Waals surface area contributed by atoms with Gasteiger partial charge in [0.15, 0.2) is 0 Å². The molecular weight excluding hydrogens is 169 g/mol. The van der Waals surface area contributed by atoms with Crippen molar-refractivity contribution in [3.8, 4) is 0 Å². The lowest BCUT2D eigenvalue weighted by atomic mass is 10.0. The van der Waals surface area contributed by atoms with Crippen LogP contribution in [0.15, 0.2) is 12.3 Å². The molecule has 0 spiro atoms. The van der Waals surface area contributed by atoms with Gasteiger partial charge in [-0.25, -0.2) is 5.01 Å². The Morgan fingerprint density at radius 2 is 2.42 bits per heavy atom. The van der Waals surface area contributed by atoms with E-state index in [0.717, 1.165) is 24.9 Å². The van der Waals surface area contributed by atoms with Gasteiger partial charge >= 0.3 is 0 Å². The van der Waals surface area contributed by atoms with Gasteiger partial charge in [-0.1, -0.05) is 9.24 Å². The molecule has 1 aliphatic rings. The van der Waals surface area contributed by atoms with E-state index < -0.39 is 0 Å². The number of hydrogen-bond acceptors (Lipinski definition) is 3. The van der Waals surface area contributed by atoms with E-state index >= 15 is 0 Å². The molecule has 0 fully saturated rings. The molecule has 2 heterocycles. The van der Waals surface area contributed by atoms with Crippen LogP contribution < -0.4 is 11.3 Å². The number of aromatic nitrogens is 1. The van der Waals surface area contributed by atoms with Crippen molar-refractivity contribution < 1.29 is 0 Å². The highest BCUT2D eigenvalue weighted by Crippen LogP contribution is 2.14. The Kier molecular flexibility index (Phi) is 2.09. The molecule has 0 aromatic carbocycles. The van der Waals surface area contributed by atoms with Crippen LogP contribution in [0.25, 0.3) is 0 Å². The topological polar surface area (TPSA) is 42.1 Å². The molecule has 2 N–H and O–H groups in total. The summed E-state index contributed by atoms with van der Waals surface area (Å²) in [5, 5.41) is 1.83. The summed E-state index contributed by atoms with van der Waals surface area (Å²) >= 11 is 0. The molecule has 2 rings (SSSR count). The third-order valence-electron chi connectivity index (χ3n) is 2.22. The largest absolute Gasteiger partial charge is 0.268 e. The van der Waals surface area contributed by atoms with Crippen molar-refractivity contribution in [2.75, 3.05) is 6.54 Å². The number of nitrogens with two attached hydrogens (primary N) is 1. The van der Waals surface area contributed by atoms with E-state index in [2.05, 4.69) is 20.3 Å². The quantitative estimate of drug-likeness (QED) is 0.445. The summed E-state index contributed by atoms with van der Waals surface area (Å²) in [7, 11) is 2.65. The summed E-state index contributed by atoms with van der Waals surface area (Å²) in [6, 6.07) is 2.08. The molecule has 4 heteroatoms. The predicted octanol–water partition coefficient (Wildman–Crippen LogP) is -0.186. The van der Waals surface area contributed by atoms with E-state index in [4.69, 9.17) is 5.84 Å². The maximum atomic E-state index is 5.71. The molecule has 3 nitrogen and oxygen atoms in total. The van der Waals surface area contributed by atoms with Crippen molar-refractivity contribution >= 4 is 14.7 Å². The molecule has 1 aliphatic heterocycles. The second-order valence-electron chi connectivity index (χ2n) is 3.05. The molecule has 0 saturated carbocycles. The van der Waals surface area contributed by atoms with Crippen LogP contribution >= 0.6 is 9.24 Å². The number of hydrogen-bond donors (Lipinski definition) is 1. The number of nitrogens with zero attached hydrogens (tertiary/aromatic N) is 2. The first kappa shape index (κ1) is 8.11. The Balaban J connectivity index is 2.43. The van der Waals surface area contributed by atoms with E-state index in [1.165, 1.54) is 11.1 Å². The van der Waals surface area contributed by atoms with E-state index in [1.807, 2.05) is 11.2 Å². The Morgan fingerprint density at radius 3 is 3.25 bits per heavy atom. The standard InChI is InChI=1S/C8H12N3P/c9-11-4-2-6-1-3-10-8(12)7(6)5-11/h1,3H,2,4-5,9,12H2. The molecular formula is C8H12N3P. The minimum atomic E-state index is 0.821. The Morgan fingerprint density at radius 1 is 1.58 bits per heavy atom. The van der Waals surface area contributed by atoms with Crippen molar-refractivity contribution in [2.24, 2.45) is 5.84 Å². The fraction of sp³-hybridized carbons (Fsp3) is 0.375. The molecule has 0 aliphatic carbocycles. The summed E-state index contributed by atoms with van der Waals surface area (Å²) in [5.41, 5.74) is 3.69. The van der Waals surface area contributed by atoms with Crippen molar-refractivity contribution in [1.82, 2.24) is 9.99 Å². The number of pyridine rings is 1. The van der Waals surface area contributed by atoms with Gasteiger partial charge in [0.1, 0.15) is 0 Å². The van der Waals surface area contributed by atoms with Crippen molar-refractivity contribution in [3.63, 3.8) is 0 Å². The van der Waals surface area contributed by atoms with Gasteiger partial charge in [-0.3, -0.25) is 10.8 Å². The summed E-state index contributed by atoms with van der Waals surface area (Å²) in [5.74, 6) is 5.71. The summed E-state index contributed by atoms with van der Waals surface area (Å²) in [4.78, 5) is 4.21. The van der Waals surface area contributed by atoms with Gasteiger partial charge in [0.25, 0.3) is 0 Å². The molecule has 0 amide bonds. The Hall–Kier alpha value is -0.500. The monoisotopic (exact) mass is 181 g/mol. The fourth-order valence-corrected chi connectivity index (χ4v) is 1.88. The molecule has 0 bridgehead atoms. The van der Waals surface area contributed by atoms with E-state index in [0.29, 0.717) is 0 Å². The Labute approximate surface area is 74.1 Å². The average Bonchev–Trinajstić information content (AvgIpc) is 2.07. The van der Waals surface area contributed by atoms with Crippen LogP contribution in [0, 0.1) is 0 Å². The normalized spacial score (nSPS) is 17.5. The first-order valence-corrected chi connectivity index (χ1v) is 4.57.